The van der Waals surface area contributed by atoms with Crippen molar-refractivity contribution in [2.24, 2.45) is 0 Å². The maximum absolute atomic E-state index is 11.4. The number of hydrogen-bond donors (Lipinski definition) is 1. The average molecular weight is 190 g/mol. The number of H-pyrrole nitrogens is 1. The standard InChI is InChI=1S/C10H10N2O2/c1-14-9-5-3-2-4-8(9)12-10(13)6-7-11-12/h2-7,11H,1H3. The molecule has 0 unspecified atom stereocenters. The van der Waals surface area contributed by atoms with Gasteiger partial charge in [0.1, 0.15) is 11.4 Å². The molecule has 0 atom stereocenters. The fraction of sp³-hybridized carbons (Fsp3) is 0.100. The predicted molar refractivity (Wildman–Crippen MR) is 52.9 cm³/mol. The Morgan fingerprint density at radius 2 is 2.07 bits per heavy atom. The van der Waals surface area contributed by atoms with Crippen LogP contribution in [0.4, 0.5) is 0 Å². The fourth-order valence-corrected chi connectivity index (χ4v) is 1.32. The minimum absolute atomic E-state index is 0.102. The molecule has 2 rings (SSSR count). The molecule has 1 aromatic heterocycles. The third-order valence-electron chi connectivity index (χ3n) is 1.98. The predicted octanol–water partition coefficient (Wildman–Crippen LogP) is 1.17. The van der Waals surface area contributed by atoms with Crippen molar-refractivity contribution in [3.05, 3.63) is 46.9 Å². The molecule has 72 valence electrons. The number of aromatic nitrogens is 2. The van der Waals surface area contributed by atoms with Crippen molar-refractivity contribution in [2.45, 2.75) is 0 Å². The van der Waals surface area contributed by atoms with Gasteiger partial charge >= 0.3 is 0 Å². The lowest BCUT2D eigenvalue weighted by Gasteiger charge is -2.07. The fourth-order valence-electron chi connectivity index (χ4n) is 1.32. The van der Waals surface area contributed by atoms with Crippen molar-refractivity contribution >= 4 is 0 Å². The first-order valence-corrected chi connectivity index (χ1v) is 4.23. The third-order valence-corrected chi connectivity index (χ3v) is 1.98. The van der Waals surface area contributed by atoms with Crippen LogP contribution in [0.15, 0.2) is 41.3 Å². The molecule has 0 spiro atoms. The van der Waals surface area contributed by atoms with Crippen molar-refractivity contribution in [3.8, 4) is 11.4 Å². The molecule has 0 aliphatic heterocycles. The molecule has 1 N–H and O–H groups in total. The molecule has 0 aliphatic carbocycles. The molecule has 0 saturated carbocycles. The Labute approximate surface area is 80.7 Å². The number of para-hydroxylation sites is 2. The highest BCUT2D eigenvalue weighted by atomic mass is 16.5. The highest BCUT2D eigenvalue weighted by molar-refractivity contribution is 5.45. The smallest absolute Gasteiger partial charge is 0.271 e. The number of methoxy groups -OCH3 is 1. The Bertz CT molecular complexity index is 485. The number of rotatable bonds is 2. The summed E-state index contributed by atoms with van der Waals surface area (Å²) < 4.78 is 6.57. The van der Waals surface area contributed by atoms with Crippen molar-refractivity contribution < 1.29 is 4.74 Å². The molecule has 0 saturated heterocycles. The van der Waals surface area contributed by atoms with Gasteiger partial charge in [-0.3, -0.25) is 9.89 Å². The summed E-state index contributed by atoms with van der Waals surface area (Å²) in [6, 6.07) is 8.80. The van der Waals surface area contributed by atoms with Crippen molar-refractivity contribution in [1.82, 2.24) is 9.78 Å². The third kappa shape index (κ3) is 1.31. The molecule has 14 heavy (non-hydrogen) atoms. The van der Waals surface area contributed by atoms with Crippen molar-refractivity contribution in [3.63, 3.8) is 0 Å². The van der Waals surface area contributed by atoms with Gasteiger partial charge < -0.3 is 4.74 Å². The highest BCUT2D eigenvalue weighted by Crippen LogP contribution is 2.19. The van der Waals surface area contributed by atoms with E-state index in [9.17, 15) is 4.79 Å². The zero-order valence-corrected chi connectivity index (χ0v) is 7.73. The summed E-state index contributed by atoms with van der Waals surface area (Å²) >= 11 is 0. The van der Waals surface area contributed by atoms with Gasteiger partial charge in [0.2, 0.25) is 0 Å². The highest BCUT2D eigenvalue weighted by Gasteiger charge is 2.05. The molecule has 4 nitrogen and oxygen atoms in total. The van der Waals surface area contributed by atoms with Crippen LogP contribution < -0.4 is 10.3 Å². The number of aromatic amines is 1. The van der Waals surface area contributed by atoms with E-state index in [4.69, 9.17) is 4.74 Å². The Hall–Kier alpha value is -1.97. The number of ether oxygens (including phenoxy) is 1. The summed E-state index contributed by atoms with van der Waals surface area (Å²) in [5, 5.41) is 2.82. The quantitative estimate of drug-likeness (QED) is 0.772. The summed E-state index contributed by atoms with van der Waals surface area (Å²) in [4.78, 5) is 11.4. The van der Waals surface area contributed by atoms with Crippen LogP contribution in [0.2, 0.25) is 0 Å². The van der Waals surface area contributed by atoms with Gasteiger partial charge in [0.25, 0.3) is 5.56 Å². The summed E-state index contributed by atoms with van der Waals surface area (Å²) in [7, 11) is 1.58. The van der Waals surface area contributed by atoms with Gasteiger partial charge in [-0.25, -0.2) is 4.68 Å². The summed E-state index contributed by atoms with van der Waals surface area (Å²) in [6.07, 6.45) is 1.59. The van der Waals surface area contributed by atoms with Crippen LogP contribution in [-0.2, 0) is 0 Å². The van der Waals surface area contributed by atoms with Gasteiger partial charge in [0.15, 0.2) is 0 Å². The molecule has 0 amide bonds. The molecular weight excluding hydrogens is 180 g/mol. The van der Waals surface area contributed by atoms with Gasteiger partial charge in [-0.05, 0) is 12.1 Å². The molecule has 4 heteroatoms. The van der Waals surface area contributed by atoms with E-state index in [0.29, 0.717) is 11.4 Å². The van der Waals surface area contributed by atoms with Crippen LogP contribution in [0.1, 0.15) is 0 Å². The first-order valence-electron chi connectivity index (χ1n) is 4.23. The summed E-state index contributed by atoms with van der Waals surface area (Å²) in [5.41, 5.74) is 0.611. The Kier molecular flexibility index (Phi) is 2.10. The van der Waals surface area contributed by atoms with Crippen molar-refractivity contribution in [2.75, 3.05) is 7.11 Å². The number of nitrogens with zero attached hydrogens (tertiary/aromatic N) is 1. The van der Waals surface area contributed by atoms with E-state index in [-0.39, 0.29) is 5.56 Å². The molecule has 0 radical (unpaired) electrons. The lowest BCUT2D eigenvalue weighted by Crippen LogP contribution is -2.14. The monoisotopic (exact) mass is 190 g/mol. The first kappa shape index (κ1) is 8.62. The van der Waals surface area contributed by atoms with Crippen LogP contribution >= 0.6 is 0 Å². The van der Waals surface area contributed by atoms with E-state index in [1.165, 1.54) is 10.7 Å². The Balaban J connectivity index is 2.62. The zero-order chi connectivity index (χ0) is 9.97. The number of nitrogens with one attached hydrogen (secondary N) is 1. The molecule has 2 aromatic rings. The SMILES string of the molecule is COc1ccccc1-n1[nH]ccc1=O. The van der Waals surface area contributed by atoms with Crippen molar-refractivity contribution in [1.29, 1.82) is 0 Å². The van der Waals surface area contributed by atoms with E-state index < -0.39 is 0 Å². The van der Waals surface area contributed by atoms with Gasteiger partial charge in [0, 0.05) is 12.3 Å². The summed E-state index contributed by atoms with van der Waals surface area (Å²) in [6.45, 7) is 0. The second-order valence-electron chi connectivity index (χ2n) is 2.81. The second-order valence-corrected chi connectivity index (χ2v) is 2.81. The topological polar surface area (TPSA) is 47.0 Å². The maximum atomic E-state index is 11.4. The minimum atomic E-state index is -0.102. The lowest BCUT2D eigenvalue weighted by molar-refractivity contribution is 0.411. The normalized spacial score (nSPS) is 10.1. The van der Waals surface area contributed by atoms with Gasteiger partial charge in [-0.2, -0.15) is 0 Å². The Morgan fingerprint density at radius 3 is 2.71 bits per heavy atom. The maximum Gasteiger partial charge on any atom is 0.271 e. The number of benzene rings is 1. The van der Waals surface area contributed by atoms with E-state index in [1.807, 2.05) is 24.3 Å². The minimum Gasteiger partial charge on any atom is -0.494 e. The second kappa shape index (κ2) is 3.41. The summed E-state index contributed by atoms with van der Waals surface area (Å²) in [5.74, 6) is 0.664. The van der Waals surface area contributed by atoms with E-state index in [2.05, 4.69) is 5.10 Å². The van der Waals surface area contributed by atoms with Crippen LogP contribution in [-0.4, -0.2) is 16.9 Å². The molecule has 0 fully saturated rings. The van der Waals surface area contributed by atoms with Gasteiger partial charge in [-0.15, -0.1) is 0 Å². The number of hydrogen-bond acceptors (Lipinski definition) is 2. The van der Waals surface area contributed by atoms with E-state index >= 15 is 0 Å². The van der Waals surface area contributed by atoms with Crippen LogP contribution in [0.5, 0.6) is 5.75 Å². The van der Waals surface area contributed by atoms with E-state index in [0.717, 1.165) is 0 Å². The van der Waals surface area contributed by atoms with Crippen LogP contribution in [0.25, 0.3) is 5.69 Å². The molecular formula is C10H10N2O2. The van der Waals surface area contributed by atoms with Gasteiger partial charge in [0.05, 0.1) is 7.11 Å². The average Bonchev–Trinajstić information content (AvgIpc) is 2.64. The zero-order valence-electron chi connectivity index (χ0n) is 7.73. The van der Waals surface area contributed by atoms with Crippen LogP contribution in [0.3, 0.4) is 0 Å². The Morgan fingerprint density at radius 1 is 1.29 bits per heavy atom. The van der Waals surface area contributed by atoms with Crippen LogP contribution in [0, 0.1) is 0 Å². The molecule has 0 bridgehead atoms. The molecule has 0 aliphatic rings. The lowest BCUT2D eigenvalue weighted by atomic mass is 10.3. The molecule has 1 heterocycles. The molecule has 1 aromatic carbocycles. The first-order chi connectivity index (χ1) is 6.83. The van der Waals surface area contributed by atoms with Gasteiger partial charge in [-0.1, -0.05) is 12.1 Å². The van der Waals surface area contributed by atoms with E-state index in [1.54, 1.807) is 13.3 Å². The largest absolute Gasteiger partial charge is 0.494 e.